The van der Waals surface area contributed by atoms with Gasteiger partial charge in [-0.25, -0.2) is 0 Å². The third kappa shape index (κ3) is 3.33. The lowest BCUT2D eigenvalue weighted by Crippen LogP contribution is -2.27. The van der Waals surface area contributed by atoms with Gasteiger partial charge in [0.05, 0.1) is 25.2 Å². The molecule has 0 bridgehead atoms. The van der Waals surface area contributed by atoms with Gasteiger partial charge in [-0.2, -0.15) is 0 Å². The Morgan fingerprint density at radius 2 is 2.06 bits per heavy atom. The van der Waals surface area contributed by atoms with Crippen LogP contribution in [-0.2, 0) is 20.9 Å². The summed E-state index contributed by atoms with van der Waals surface area (Å²) in [6.45, 7) is 2.86. The molecule has 0 aliphatic heterocycles. The molecule has 2 rings (SSSR count). The minimum atomic E-state index is -0.104. The van der Waals surface area contributed by atoms with Crippen LogP contribution in [0.25, 0.3) is 0 Å². The number of hydrogen-bond donors (Lipinski definition) is 0. The van der Waals surface area contributed by atoms with Crippen molar-refractivity contribution < 1.29 is 14.3 Å². The highest BCUT2D eigenvalue weighted by Gasteiger charge is 2.34. The zero-order chi connectivity index (χ0) is 12.8. The molecule has 1 aromatic carbocycles. The van der Waals surface area contributed by atoms with Crippen LogP contribution in [0.1, 0.15) is 31.7 Å². The summed E-state index contributed by atoms with van der Waals surface area (Å²) in [5.41, 5.74) is 1.15. The lowest BCUT2D eigenvalue weighted by molar-refractivity contribution is -0.152. The van der Waals surface area contributed by atoms with Gasteiger partial charge in [0.15, 0.2) is 0 Å². The van der Waals surface area contributed by atoms with Crippen molar-refractivity contribution in [2.24, 2.45) is 5.92 Å². The van der Waals surface area contributed by atoms with Crippen LogP contribution in [0.2, 0.25) is 0 Å². The van der Waals surface area contributed by atoms with E-state index in [9.17, 15) is 4.79 Å². The number of benzene rings is 1. The van der Waals surface area contributed by atoms with Crippen LogP contribution in [0.15, 0.2) is 30.3 Å². The van der Waals surface area contributed by atoms with Crippen LogP contribution in [-0.4, -0.2) is 18.7 Å². The number of carbonyl (C=O) groups excluding carboxylic acids is 1. The number of carbonyl (C=O) groups is 1. The zero-order valence-corrected chi connectivity index (χ0v) is 10.8. The maximum absolute atomic E-state index is 11.8. The molecule has 2 atom stereocenters. The monoisotopic (exact) mass is 248 g/mol. The van der Waals surface area contributed by atoms with Gasteiger partial charge in [0.2, 0.25) is 0 Å². The Kier molecular flexibility index (Phi) is 4.76. The van der Waals surface area contributed by atoms with Crippen LogP contribution in [0.5, 0.6) is 0 Å². The molecule has 0 spiro atoms. The second kappa shape index (κ2) is 6.55. The lowest BCUT2D eigenvalue weighted by atomic mass is 10.1. The average molecular weight is 248 g/mol. The van der Waals surface area contributed by atoms with Gasteiger partial charge in [0, 0.05) is 0 Å². The van der Waals surface area contributed by atoms with E-state index in [0.717, 1.165) is 24.8 Å². The molecule has 1 aromatic rings. The van der Waals surface area contributed by atoms with Crippen molar-refractivity contribution >= 4 is 5.97 Å². The zero-order valence-electron chi connectivity index (χ0n) is 10.8. The highest BCUT2D eigenvalue weighted by molar-refractivity contribution is 5.73. The molecule has 18 heavy (non-hydrogen) atoms. The van der Waals surface area contributed by atoms with Crippen molar-refractivity contribution in [2.75, 3.05) is 6.61 Å². The Hall–Kier alpha value is -1.35. The van der Waals surface area contributed by atoms with Crippen molar-refractivity contribution in [3.63, 3.8) is 0 Å². The van der Waals surface area contributed by atoms with E-state index in [4.69, 9.17) is 9.47 Å². The Bertz CT molecular complexity index is 375. The van der Waals surface area contributed by atoms with Crippen molar-refractivity contribution in [1.82, 2.24) is 0 Å². The summed E-state index contributed by atoms with van der Waals surface area (Å²) in [4.78, 5) is 11.8. The third-order valence-corrected chi connectivity index (χ3v) is 3.35. The van der Waals surface area contributed by atoms with Gasteiger partial charge in [0.25, 0.3) is 0 Å². The first-order chi connectivity index (χ1) is 8.81. The molecule has 0 heterocycles. The van der Waals surface area contributed by atoms with Crippen LogP contribution >= 0.6 is 0 Å². The smallest absolute Gasteiger partial charge is 0.311 e. The van der Waals surface area contributed by atoms with E-state index in [0.29, 0.717) is 13.2 Å². The Labute approximate surface area is 108 Å². The summed E-state index contributed by atoms with van der Waals surface area (Å²) in [6, 6.07) is 10.1. The molecule has 0 radical (unpaired) electrons. The summed E-state index contributed by atoms with van der Waals surface area (Å²) < 4.78 is 11.0. The van der Waals surface area contributed by atoms with Gasteiger partial charge >= 0.3 is 5.97 Å². The molecule has 98 valence electrons. The standard InChI is InChI=1S/C15H20O3/c1-2-17-15(16)13-9-6-10-14(13)18-11-12-7-4-3-5-8-12/h3-5,7-8,13-14H,2,6,9-11H2,1H3/t13-,14+/m1/s1. The van der Waals surface area contributed by atoms with Gasteiger partial charge in [-0.15, -0.1) is 0 Å². The Morgan fingerprint density at radius 3 is 2.78 bits per heavy atom. The van der Waals surface area contributed by atoms with Gasteiger partial charge in [-0.05, 0) is 31.7 Å². The highest BCUT2D eigenvalue weighted by Crippen LogP contribution is 2.30. The summed E-state index contributed by atoms with van der Waals surface area (Å²) in [5, 5.41) is 0. The second-order valence-corrected chi connectivity index (χ2v) is 4.62. The Balaban J connectivity index is 1.86. The van der Waals surface area contributed by atoms with Gasteiger partial charge < -0.3 is 9.47 Å². The van der Waals surface area contributed by atoms with Gasteiger partial charge in [-0.1, -0.05) is 30.3 Å². The number of esters is 1. The van der Waals surface area contributed by atoms with Crippen LogP contribution in [0, 0.1) is 5.92 Å². The molecular formula is C15H20O3. The third-order valence-electron chi connectivity index (χ3n) is 3.35. The normalized spacial score (nSPS) is 22.9. The maximum atomic E-state index is 11.8. The van der Waals surface area contributed by atoms with E-state index >= 15 is 0 Å². The van der Waals surface area contributed by atoms with E-state index < -0.39 is 0 Å². The molecule has 0 saturated heterocycles. The topological polar surface area (TPSA) is 35.5 Å². The fourth-order valence-corrected chi connectivity index (χ4v) is 2.42. The molecule has 3 heteroatoms. The van der Waals surface area contributed by atoms with E-state index in [1.807, 2.05) is 37.3 Å². The molecule has 0 aromatic heterocycles. The molecule has 1 aliphatic rings. The van der Waals surface area contributed by atoms with Crippen molar-refractivity contribution in [1.29, 1.82) is 0 Å². The maximum Gasteiger partial charge on any atom is 0.311 e. The van der Waals surface area contributed by atoms with Crippen molar-refractivity contribution in [3.05, 3.63) is 35.9 Å². The quantitative estimate of drug-likeness (QED) is 0.752. The fraction of sp³-hybridized carbons (Fsp3) is 0.533. The summed E-state index contributed by atoms with van der Waals surface area (Å²) in [7, 11) is 0. The molecule has 0 amide bonds. The number of rotatable bonds is 5. The molecular weight excluding hydrogens is 228 g/mol. The predicted molar refractivity (Wildman–Crippen MR) is 69.0 cm³/mol. The molecule has 0 N–H and O–H groups in total. The summed E-state index contributed by atoms with van der Waals surface area (Å²) >= 11 is 0. The van der Waals surface area contributed by atoms with Gasteiger partial charge in [0.1, 0.15) is 0 Å². The van der Waals surface area contributed by atoms with Crippen molar-refractivity contribution in [2.45, 2.75) is 38.9 Å². The largest absolute Gasteiger partial charge is 0.466 e. The summed E-state index contributed by atoms with van der Waals surface area (Å²) in [6.07, 6.45) is 2.90. The predicted octanol–water partition coefficient (Wildman–Crippen LogP) is 2.94. The molecule has 0 unspecified atom stereocenters. The lowest BCUT2D eigenvalue weighted by Gasteiger charge is -2.18. The van der Waals surface area contributed by atoms with Crippen LogP contribution in [0.4, 0.5) is 0 Å². The van der Waals surface area contributed by atoms with E-state index in [1.54, 1.807) is 0 Å². The Morgan fingerprint density at radius 1 is 1.28 bits per heavy atom. The highest BCUT2D eigenvalue weighted by atomic mass is 16.5. The number of hydrogen-bond acceptors (Lipinski definition) is 3. The second-order valence-electron chi connectivity index (χ2n) is 4.62. The molecule has 1 aliphatic carbocycles. The molecule has 1 fully saturated rings. The van der Waals surface area contributed by atoms with Crippen molar-refractivity contribution in [3.8, 4) is 0 Å². The first-order valence-electron chi connectivity index (χ1n) is 6.63. The molecule has 3 nitrogen and oxygen atoms in total. The van der Waals surface area contributed by atoms with E-state index in [1.165, 1.54) is 0 Å². The van der Waals surface area contributed by atoms with Crippen LogP contribution < -0.4 is 0 Å². The fourth-order valence-electron chi connectivity index (χ4n) is 2.42. The first-order valence-corrected chi connectivity index (χ1v) is 6.63. The van der Waals surface area contributed by atoms with Crippen LogP contribution in [0.3, 0.4) is 0 Å². The average Bonchev–Trinajstić information content (AvgIpc) is 2.86. The molecule has 1 saturated carbocycles. The minimum absolute atomic E-state index is 0.0178. The van der Waals surface area contributed by atoms with Gasteiger partial charge in [-0.3, -0.25) is 4.79 Å². The SMILES string of the molecule is CCOC(=O)[C@@H]1CCC[C@@H]1OCc1ccccc1. The number of ether oxygens (including phenoxy) is 2. The van der Waals surface area contributed by atoms with E-state index in [2.05, 4.69) is 0 Å². The first kappa shape index (κ1) is 13.1. The minimum Gasteiger partial charge on any atom is -0.466 e. The summed E-state index contributed by atoms with van der Waals surface area (Å²) in [5.74, 6) is -0.179. The van der Waals surface area contributed by atoms with E-state index in [-0.39, 0.29) is 18.0 Å².